The quantitative estimate of drug-likeness (QED) is 0.595. The maximum absolute atomic E-state index is 5.12. The van der Waals surface area contributed by atoms with Gasteiger partial charge in [-0.05, 0) is 12.1 Å². The Kier molecular flexibility index (Phi) is 1.51. The lowest BCUT2D eigenvalue weighted by Gasteiger charge is -2.02. The van der Waals surface area contributed by atoms with E-state index in [4.69, 9.17) is 9.47 Å². The van der Waals surface area contributed by atoms with Gasteiger partial charge in [0.15, 0.2) is 0 Å². The molecule has 1 aliphatic heterocycles. The fraction of sp³-hybridized carbons (Fsp3) is 0.375. The first-order chi connectivity index (χ1) is 5.42. The molecule has 0 saturated carbocycles. The minimum atomic E-state index is 0.221. The largest absolute Gasteiger partial charge is 0.481 e. The van der Waals surface area contributed by atoms with Gasteiger partial charge in [0.05, 0.1) is 13.7 Å². The molecule has 1 aliphatic rings. The molecule has 0 spiro atoms. The molecule has 58 valence electrons. The van der Waals surface area contributed by atoms with Gasteiger partial charge in [-0.15, -0.1) is 0 Å². The highest BCUT2D eigenvalue weighted by Crippen LogP contribution is 2.34. The zero-order valence-corrected chi connectivity index (χ0v) is 6.28. The van der Waals surface area contributed by atoms with Crippen LogP contribution in [-0.4, -0.2) is 18.7 Å². The standard InChI is InChI=1S/C8H9NO2/c1-10-8-6(7-5-11-7)3-2-4-9-8/h2-4,7H,5H2,1H3/t7-/m0/s1. The van der Waals surface area contributed by atoms with Crippen LogP contribution in [0.2, 0.25) is 0 Å². The maximum Gasteiger partial charge on any atom is 0.218 e. The van der Waals surface area contributed by atoms with Crippen molar-refractivity contribution in [1.82, 2.24) is 4.98 Å². The second-order valence-electron chi connectivity index (χ2n) is 2.42. The topological polar surface area (TPSA) is 34.6 Å². The van der Waals surface area contributed by atoms with E-state index in [1.54, 1.807) is 13.3 Å². The Morgan fingerprint density at radius 2 is 2.55 bits per heavy atom. The van der Waals surface area contributed by atoms with Crippen LogP contribution < -0.4 is 4.74 Å². The lowest BCUT2D eigenvalue weighted by atomic mass is 10.2. The van der Waals surface area contributed by atoms with Crippen molar-refractivity contribution in [3.8, 4) is 5.88 Å². The second-order valence-corrected chi connectivity index (χ2v) is 2.42. The smallest absolute Gasteiger partial charge is 0.218 e. The zero-order valence-electron chi connectivity index (χ0n) is 6.28. The first kappa shape index (κ1) is 6.61. The fourth-order valence-corrected chi connectivity index (χ4v) is 1.05. The molecule has 1 atom stereocenters. The number of methoxy groups -OCH3 is 1. The van der Waals surface area contributed by atoms with Crippen molar-refractivity contribution >= 4 is 0 Å². The molecule has 0 aromatic carbocycles. The van der Waals surface area contributed by atoms with Crippen molar-refractivity contribution in [2.75, 3.05) is 13.7 Å². The Hall–Kier alpha value is -1.09. The summed E-state index contributed by atoms with van der Waals surface area (Å²) in [6, 6.07) is 3.86. The molecule has 11 heavy (non-hydrogen) atoms. The molecule has 2 heterocycles. The Morgan fingerprint density at radius 1 is 1.73 bits per heavy atom. The van der Waals surface area contributed by atoms with Gasteiger partial charge in [0, 0.05) is 11.8 Å². The van der Waals surface area contributed by atoms with Gasteiger partial charge in [0.25, 0.3) is 0 Å². The van der Waals surface area contributed by atoms with Gasteiger partial charge in [-0.3, -0.25) is 0 Å². The van der Waals surface area contributed by atoms with Crippen LogP contribution in [0.25, 0.3) is 0 Å². The van der Waals surface area contributed by atoms with Crippen molar-refractivity contribution in [2.24, 2.45) is 0 Å². The molecular formula is C8H9NO2. The molecule has 1 aromatic rings. The van der Waals surface area contributed by atoms with Crippen LogP contribution in [0.4, 0.5) is 0 Å². The van der Waals surface area contributed by atoms with E-state index in [1.807, 2.05) is 12.1 Å². The summed E-state index contributed by atoms with van der Waals surface area (Å²) in [5, 5.41) is 0. The van der Waals surface area contributed by atoms with Crippen molar-refractivity contribution in [2.45, 2.75) is 6.10 Å². The average molecular weight is 151 g/mol. The first-order valence-corrected chi connectivity index (χ1v) is 3.52. The number of aromatic nitrogens is 1. The number of pyridine rings is 1. The van der Waals surface area contributed by atoms with Gasteiger partial charge < -0.3 is 9.47 Å². The molecule has 1 aromatic heterocycles. The van der Waals surface area contributed by atoms with Crippen molar-refractivity contribution < 1.29 is 9.47 Å². The molecule has 0 radical (unpaired) electrons. The lowest BCUT2D eigenvalue weighted by Crippen LogP contribution is -1.92. The third-order valence-corrected chi connectivity index (χ3v) is 1.67. The number of rotatable bonds is 2. The maximum atomic E-state index is 5.12. The highest BCUT2D eigenvalue weighted by Gasteiger charge is 2.28. The van der Waals surface area contributed by atoms with Crippen LogP contribution in [0.15, 0.2) is 18.3 Å². The van der Waals surface area contributed by atoms with E-state index in [0.29, 0.717) is 5.88 Å². The van der Waals surface area contributed by atoms with Crippen LogP contribution in [0.5, 0.6) is 5.88 Å². The zero-order chi connectivity index (χ0) is 7.68. The molecule has 2 rings (SSSR count). The fourth-order valence-electron chi connectivity index (χ4n) is 1.05. The van der Waals surface area contributed by atoms with Gasteiger partial charge in [-0.1, -0.05) is 0 Å². The number of hydrogen-bond acceptors (Lipinski definition) is 3. The Morgan fingerprint density at radius 3 is 3.18 bits per heavy atom. The average Bonchev–Trinajstić information content (AvgIpc) is 2.87. The second kappa shape index (κ2) is 2.51. The predicted molar refractivity (Wildman–Crippen MR) is 39.5 cm³/mol. The van der Waals surface area contributed by atoms with E-state index in [0.717, 1.165) is 12.2 Å². The summed E-state index contributed by atoms with van der Waals surface area (Å²) in [7, 11) is 1.62. The summed E-state index contributed by atoms with van der Waals surface area (Å²) in [6.07, 6.45) is 1.93. The van der Waals surface area contributed by atoms with Crippen molar-refractivity contribution in [3.05, 3.63) is 23.9 Å². The van der Waals surface area contributed by atoms with Gasteiger partial charge in [-0.25, -0.2) is 4.98 Å². The highest BCUT2D eigenvalue weighted by atomic mass is 16.6. The molecule has 0 aliphatic carbocycles. The van der Waals surface area contributed by atoms with Gasteiger partial charge >= 0.3 is 0 Å². The van der Waals surface area contributed by atoms with E-state index >= 15 is 0 Å². The van der Waals surface area contributed by atoms with E-state index in [2.05, 4.69) is 4.98 Å². The molecular weight excluding hydrogens is 142 g/mol. The van der Waals surface area contributed by atoms with Crippen molar-refractivity contribution in [1.29, 1.82) is 0 Å². The Balaban J connectivity index is 2.34. The normalized spacial score (nSPS) is 21.4. The van der Waals surface area contributed by atoms with E-state index in [1.165, 1.54) is 0 Å². The molecule has 1 saturated heterocycles. The number of hydrogen-bond donors (Lipinski definition) is 0. The van der Waals surface area contributed by atoms with Crippen LogP contribution >= 0.6 is 0 Å². The molecule has 0 N–H and O–H groups in total. The van der Waals surface area contributed by atoms with E-state index in [-0.39, 0.29) is 6.10 Å². The monoisotopic (exact) mass is 151 g/mol. The summed E-state index contributed by atoms with van der Waals surface area (Å²) < 4.78 is 10.2. The summed E-state index contributed by atoms with van der Waals surface area (Å²) in [5.74, 6) is 0.676. The van der Waals surface area contributed by atoms with Gasteiger partial charge in [0.1, 0.15) is 6.10 Å². The summed E-state index contributed by atoms with van der Waals surface area (Å²) >= 11 is 0. The minimum absolute atomic E-state index is 0.221. The Labute approximate surface area is 65.0 Å². The third-order valence-electron chi connectivity index (χ3n) is 1.67. The molecule has 0 amide bonds. The first-order valence-electron chi connectivity index (χ1n) is 3.52. The predicted octanol–water partition coefficient (Wildman–Crippen LogP) is 1.16. The Bertz CT molecular complexity index is 258. The van der Waals surface area contributed by atoms with Crippen molar-refractivity contribution in [3.63, 3.8) is 0 Å². The van der Waals surface area contributed by atoms with Gasteiger partial charge in [0.2, 0.25) is 5.88 Å². The summed E-state index contributed by atoms with van der Waals surface area (Å²) in [5.41, 5.74) is 1.05. The number of epoxide rings is 1. The van der Waals surface area contributed by atoms with Gasteiger partial charge in [-0.2, -0.15) is 0 Å². The van der Waals surface area contributed by atoms with Crippen LogP contribution in [0.3, 0.4) is 0 Å². The highest BCUT2D eigenvalue weighted by molar-refractivity contribution is 5.29. The van der Waals surface area contributed by atoms with Crippen LogP contribution in [-0.2, 0) is 4.74 Å². The minimum Gasteiger partial charge on any atom is -0.481 e. The summed E-state index contributed by atoms with van der Waals surface area (Å²) in [6.45, 7) is 0.794. The van der Waals surface area contributed by atoms with Crippen LogP contribution in [0.1, 0.15) is 11.7 Å². The number of nitrogens with zero attached hydrogens (tertiary/aromatic N) is 1. The lowest BCUT2D eigenvalue weighted by molar-refractivity contribution is 0.372. The molecule has 0 unspecified atom stereocenters. The summed E-state index contributed by atoms with van der Waals surface area (Å²) in [4.78, 5) is 4.06. The molecule has 1 fully saturated rings. The molecule has 0 bridgehead atoms. The van der Waals surface area contributed by atoms with E-state index in [9.17, 15) is 0 Å². The van der Waals surface area contributed by atoms with Crippen LogP contribution in [0, 0.1) is 0 Å². The molecule has 3 nitrogen and oxygen atoms in total. The van der Waals surface area contributed by atoms with E-state index < -0.39 is 0 Å². The molecule has 3 heteroatoms. The number of ether oxygens (including phenoxy) is 2. The SMILES string of the molecule is COc1ncccc1[C@@H]1CO1. The third kappa shape index (κ3) is 1.19.